The summed E-state index contributed by atoms with van der Waals surface area (Å²) in [7, 11) is -3.63. The van der Waals surface area contributed by atoms with Crippen molar-refractivity contribution in [1.29, 1.82) is 0 Å². The van der Waals surface area contributed by atoms with Crippen LogP contribution < -0.4 is 15.8 Å². The smallest absolute Gasteiger partial charge is 0.243 e. The van der Waals surface area contributed by atoms with Crippen LogP contribution in [0, 0.1) is 11.7 Å². The van der Waals surface area contributed by atoms with E-state index in [1.165, 1.54) is 17.7 Å². The number of fused-ring (bicyclic) bond motifs is 1. The Morgan fingerprint density at radius 3 is 2.39 bits per heavy atom. The van der Waals surface area contributed by atoms with E-state index in [0.717, 1.165) is 28.1 Å². The molecule has 1 aliphatic carbocycles. The molecule has 2 heterocycles. The van der Waals surface area contributed by atoms with Crippen LogP contribution >= 0.6 is 0 Å². The standard InChI is InChI=1S/C30H37FN4O2S/c1-20(2)32-17-26-27-18-33-35(24-10-8-23(31)9-11-24)29(27)16-21-14-15-34(19-28(21)26)38(36,37)25-12-6-22(7-13-25)30(3,4)5/h6-13,16,18,20,26,32-33H,14-15,17,19H2,1-5H3/t26-/m1/s1. The third-order valence-electron chi connectivity index (χ3n) is 7.56. The first-order valence-corrected chi connectivity index (χ1v) is 14.7. The zero-order valence-corrected chi connectivity index (χ0v) is 23.6. The predicted octanol–water partition coefficient (Wildman–Crippen LogP) is 5.23. The van der Waals surface area contributed by atoms with Gasteiger partial charge in [-0.3, -0.25) is 5.01 Å². The molecule has 5 rings (SSSR count). The van der Waals surface area contributed by atoms with Crippen LogP contribution in [0.2, 0.25) is 0 Å². The fourth-order valence-electron chi connectivity index (χ4n) is 5.33. The highest BCUT2D eigenvalue weighted by atomic mass is 32.2. The maximum atomic E-state index is 13.7. The number of halogens is 1. The van der Waals surface area contributed by atoms with Crippen LogP contribution in [0.25, 0.3) is 0 Å². The highest BCUT2D eigenvalue weighted by molar-refractivity contribution is 7.89. The van der Waals surface area contributed by atoms with Gasteiger partial charge >= 0.3 is 0 Å². The van der Waals surface area contributed by atoms with E-state index in [1.807, 2.05) is 23.3 Å². The molecule has 2 N–H and O–H groups in total. The zero-order valence-electron chi connectivity index (χ0n) is 22.8. The Morgan fingerprint density at radius 2 is 1.76 bits per heavy atom. The molecule has 202 valence electrons. The molecule has 0 saturated carbocycles. The number of hydrogen-bond donors (Lipinski definition) is 2. The molecular formula is C30H37FN4O2S. The van der Waals surface area contributed by atoms with Gasteiger partial charge in [0, 0.05) is 43.4 Å². The molecule has 0 fully saturated rings. The third-order valence-corrected chi connectivity index (χ3v) is 9.42. The number of hydrogen-bond acceptors (Lipinski definition) is 5. The topological polar surface area (TPSA) is 64.7 Å². The van der Waals surface area contributed by atoms with E-state index in [4.69, 9.17) is 0 Å². The molecule has 6 nitrogen and oxygen atoms in total. The van der Waals surface area contributed by atoms with Gasteiger partial charge in [-0.05, 0) is 71.0 Å². The summed E-state index contributed by atoms with van der Waals surface area (Å²) in [4.78, 5) is 0.336. The molecule has 0 radical (unpaired) electrons. The lowest BCUT2D eigenvalue weighted by atomic mass is 9.79. The second-order valence-electron chi connectivity index (χ2n) is 11.6. The number of allylic oxidation sites excluding steroid dienone is 2. The van der Waals surface area contributed by atoms with E-state index >= 15 is 0 Å². The van der Waals surface area contributed by atoms with Gasteiger partial charge in [-0.15, -0.1) is 0 Å². The average Bonchev–Trinajstić information content (AvgIpc) is 3.29. The quantitative estimate of drug-likeness (QED) is 0.529. The zero-order chi connectivity index (χ0) is 27.2. The van der Waals surface area contributed by atoms with E-state index in [9.17, 15) is 12.8 Å². The van der Waals surface area contributed by atoms with E-state index in [1.54, 1.807) is 28.6 Å². The highest BCUT2D eigenvalue weighted by Crippen LogP contribution is 2.43. The molecule has 1 atom stereocenters. The minimum Gasteiger partial charge on any atom is -0.314 e. The number of rotatable bonds is 6. The molecular weight excluding hydrogens is 499 g/mol. The van der Waals surface area contributed by atoms with Crippen LogP contribution in [0.5, 0.6) is 0 Å². The van der Waals surface area contributed by atoms with Crippen LogP contribution in [0.15, 0.2) is 88.1 Å². The summed E-state index contributed by atoms with van der Waals surface area (Å²) in [6, 6.07) is 14.0. The van der Waals surface area contributed by atoms with Gasteiger partial charge in [-0.25, -0.2) is 12.8 Å². The first-order valence-electron chi connectivity index (χ1n) is 13.2. The monoisotopic (exact) mass is 536 g/mol. The van der Waals surface area contributed by atoms with Crippen LogP contribution in [0.3, 0.4) is 0 Å². The third kappa shape index (κ3) is 5.05. The Morgan fingerprint density at radius 1 is 1.08 bits per heavy atom. The van der Waals surface area contributed by atoms with E-state index < -0.39 is 10.0 Å². The Balaban J connectivity index is 1.46. The van der Waals surface area contributed by atoms with Crippen molar-refractivity contribution in [2.24, 2.45) is 5.92 Å². The molecule has 3 aliphatic rings. The maximum absolute atomic E-state index is 13.7. The summed E-state index contributed by atoms with van der Waals surface area (Å²) in [6.45, 7) is 12.1. The first-order chi connectivity index (χ1) is 17.9. The van der Waals surface area contributed by atoms with Crippen molar-refractivity contribution < 1.29 is 12.8 Å². The van der Waals surface area contributed by atoms with Crippen LogP contribution in [-0.2, 0) is 15.4 Å². The molecule has 0 unspecified atom stereocenters. The van der Waals surface area contributed by atoms with Gasteiger partial charge in [0.05, 0.1) is 16.3 Å². The summed E-state index contributed by atoms with van der Waals surface area (Å²) in [6.07, 6.45) is 4.80. The Bertz CT molecular complexity index is 1400. The molecule has 2 aliphatic heterocycles. The van der Waals surface area contributed by atoms with Gasteiger partial charge in [0.25, 0.3) is 0 Å². The SMILES string of the molecule is CC(C)NC[C@@H]1C2=CNN(c3ccc(F)cc3)C2=CC2=C1CN(S(=O)(=O)c1ccc(C(C)(C)C)cc1)CC2. The fraction of sp³-hybridized carbons (Fsp3) is 0.400. The fourth-order valence-corrected chi connectivity index (χ4v) is 6.75. The Hall–Kier alpha value is -2.94. The van der Waals surface area contributed by atoms with Crippen molar-refractivity contribution in [1.82, 2.24) is 15.0 Å². The van der Waals surface area contributed by atoms with Crippen molar-refractivity contribution >= 4 is 15.7 Å². The van der Waals surface area contributed by atoms with E-state index in [2.05, 4.69) is 51.4 Å². The Kier molecular flexibility index (Phi) is 7.00. The molecule has 0 aromatic heterocycles. The number of nitrogens with one attached hydrogen (secondary N) is 2. The van der Waals surface area contributed by atoms with Gasteiger partial charge in [0.1, 0.15) is 5.82 Å². The van der Waals surface area contributed by atoms with Crippen LogP contribution in [0.4, 0.5) is 10.1 Å². The molecule has 38 heavy (non-hydrogen) atoms. The van der Waals surface area contributed by atoms with E-state index in [-0.39, 0.29) is 17.2 Å². The second kappa shape index (κ2) is 9.98. The maximum Gasteiger partial charge on any atom is 0.243 e. The average molecular weight is 537 g/mol. The van der Waals surface area contributed by atoms with Gasteiger partial charge < -0.3 is 10.7 Å². The lowest BCUT2D eigenvalue weighted by Gasteiger charge is -2.38. The summed E-state index contributed by atoms with van der Waals surface area (Å²) in [5, 5.41) is 5.54. The van der Waals surface area contributed by atoms with Gasteiger partial charge in [-0.1, -0.05) is 46.8 Å². The summed E-state index contributed by atoms with van der Waals surface area (Å²) in [5.41, 5.74) is 9.71. The molecule has 2 aromatic rings. The van der Waals surface area contributed by atoms with Crippen molar-refractivity contribution in [2.75, 3.05) is 24.6 Å². The van der Waals surface area contributed by atoms with E-state index in [0.29, 0.717) is 37.0 Å². The van der Waals surface area contributed by atoms with Crippen molar-refractivity contribution in [3.05, 3.63) is 94.6 Å². The lowest BCUT2D eigenvalue weighted by Crippen LogP contribution is -2.42. The van der Waals surface area contributed by atoms with Gasteiger partial charge in [-0.2, -0.15) is 4.31 Å². The summed E-state index contributed by atoms with van der Waals surface area (Å²) < 4.78 is 42.6. The molecule has 0 amide bonds. The van der Waals surface area contributed by atoms with Gasteiger partial charge in [0.15, 0.2) is 0 Å². The number of nitrogens with zero attached hydrogens (tertiary/aromatic N) is 2. The predicted molar refractivity (Wildman–Crippen MR) is 150 cm³/mol. The molecule has 8 heteroatoms. The summed E-state index contributed by atoms with van der Waals surface area (Å²) in [5.74, 6) is -0.254. The summed E-state index contributed by atoms with van der Waals surface area (Å²) >= 11 is 0. The highest BCUT2D eigenvalue weighted by Gasteiger charge is 2.39. The second-order valence-corrected chi connectivity index (χ2v) is 13.5. The first kappa shape index (κ1) is 26.7. The number of anilines is 1. The van der Waals surface area contributed by atoms with Crippen molar-refractivity contribution in [2.45, 2.75) is 57.4 Å². The van der Waals surface area contributed by atoms with Crippen molar-refractivity contribution in [3.63, 3.8) is 0 Å². The van der Waals surface area contributed by atoms with Crippen molar-refractivity contribution in [3.8, 4) is 0 Å². The molecule has 2 aromatic carbocycles. The largest absolute Gasteiger partial charge is 0.314 e. The molecule has 0 bridgehead atoms. The van der Waals surface area contributed by atoms with Crippen LogP contribution in [-0.4, -0.2) is 38.4 Å². The molecule has 0 saturated heterocycles. The minimum atomic E-state index is -3.63. The van der Waals surface area contributed by atoms with Crippen LogP contribution in [0.1, 0.15) is 46.6 Å². The lowest BCUT2D eigenvalue weighted by molar-refractivity contribution is 0.398. The van der Waals surface area contributed by atoms with Gasteiger partial charge in [0.2, 0.25) is 10.0 Å². The Labute approximate surface area is 225 Å². The molecule has 0 spiro atoms. The number of sulfonamides is 1. The normalized spacial score (nSPS) is 20.2. The number of benzene rings is 2. The minimum absolute atomic E-state index is 0.0200. The number of hydrazine groups is 1.